The van der Waals surface area contributed by atoms with Crippen LogP contribution >= 0.6 is 0 Å². The molecule has 21 heavy (non-hydrogen) atoms. The fourth-order valence-electron chi connectivity index (χ4n) is 4.74. The average molecular weight is 300 g/mol. The molecule has 6 nitrogen and oxygen atoms in total. The van der Waals surface area contributed by atoms with Gasteiger partial charge >= 0.3 is 0 Å². The molecule has 5 N–H and O–H groups in total. The molecule has 3 aliphatic rings. The summed E-state index contributed by atoms with van der Waals surface area (Å²) in [6, 6.07) is 0. The van der Waals surface area contributed by atoms with E-state index in [9.17, 15) is 25.5 Å². The minimum atomic E-state index is -1.69. The number of rotatable bonds is 1. The zero-order valence-electron chi connectivity index (χ0n) is 12.6. The van der Waals surface area contributed by atoms with Gasteiger partial charge in [-0.2, -0.15) is 0 Å². The van der Waals surface area contributed by atoms with E-state index in [0.29, 0.717) is 5.57 Å². The van der Waals surface area contributed by atoms with Crippen LogP contribution < -0.4 is 0 Å². The Hall–Kier alpha value is -0.500. The summed E-state index contributed by atoms with van der Waals surface area (Å²) in [5, 5.41) is 52.4. The molecule has 1 saturated heterocycles. The summed E-state index contributed by atoms with van der Waals surface area (Å²) in [6.07, 6.45) is -0.856. The van der Waals surface area contributed by atoms with E-state index < -0.39 is 47.1 Å². The van der Waals surface area contributed by atoms with E-state index in [1.54, 1.807) is 20.8 Å². The molecule has 0 spiro atoms. The predicted molar refractivity (Wildman–Crippen MR) is 73.1 cm³/mol. The molecular weight excluding hydrogens is 276 g/mol. The Morgan fingerprint density at radius 2 is 1.90 bits per heavy atom. The lowest BCUT2D eigenvalue weighted by atomic mass is 9.49. The molecule has 0 amide bonds. The molecule has 0 aromatic rings. The molecule has 1 heterocycles. The van der Waals surface area contributed by atoms with E-state index in [2.05, 4.69) is 0 Å². The Balaban J connectivity index is 2.24. The van der Waals surface area contributed by atoms with Crippen molar-refractivity contribution >= 4 is 0 Å². The molecule has 0 unspecified atom stereocenters. The van der Waals surface area contributed by atoms with Crippen molar-refractivity contribution in [1.82, 2.24) is 0 Å². The molecule has 1 saturated carbocycles. The Morgan fingerprint density at radius 3 is 2.48 bits per heavy atom. The third-order valence-electron chi connectivity index (χ3n) is 6.59. The highest BCUT2D eigenvalue weighted by atomic mass is 16.6. The van der Waals surface area contributed by atoms with Crippen LogP contribution in [-0.2, 0) is 4.74 Å². The third-order valence-corrected chi connectivity index (χ3v) is 6.59. The van der Waals surface area contributed by atoms with Gasteiger partial charge in [-0.1, -0.05) is 13.8 Å². The van der Waals surface area contributed by atoms with Crippen molar-refractivity contribution < 1.29 is 30.3 Å². The van der Waals surface area contributed by atoms with Crippen molar-refractivity contribution in [3.8, 4) is 0 Å². The highest BCUT2D eigenvalue weighted by Gasteiger charge is 2.79. The molecule has 0 aromatic heterocycles. The van der Waals surface area contributed by atoms with Gasteiger partial charge in [-0.25, -0.2) is 0 Å². The molecule has 120 valence electrons. The van der Waals surface area contributed by atoms with Crippen molar-refractivity contribution in [3.63, 3.8) is 0 Å². The van der Waals surface area contributed by atoms with Gasteiger partial charge < -0.3 is 30.3 Å². The van der Waals surface area contributed by atoms with Gasteiger partial charge in [0.15, 0.2) is 5.79 Å². The molecule has 2 fully saturated rings. The van der Waals surface area contributed by atoms with E-state index >= 15 is 0 Å². The first-order chi connectivity index (χ1) is 9.56. The predicted octanol–water partition coefficient (Wildman–Crippen LogP) is -0.715. The van der Waals surface area contributed by atoms with Crippen LogP contribution in [0.3, 0.4) is 0 Å². The summed E-state index contributed by atoms with van der Waals surface area (Å²) in [6.45, 7) is 4.47. The Morgan fingerprint density at radius 1 is 1.29 bits per heavy atom. The van der Waals surface area contributed by atoms with E-state index in [4.69, 9.17) is 4.74 Å². The number of hydrogen-bond acceptors (Lipinski definition) is 6. The fraction of sp³-hybridized carbons (Fsp3) is 0.867. The van der Waals surface area contributed by atoms with Crippen molar-refractivity contribution in [1.29, 1.82) is 0 Å². The third kappa shape index (κ3) is 1.44. The van der Waals surface area contributed by atoms with Crippen LogP contribution in [0.4, 0.5) is 0 Å². The molecule has 2 aliphatic carbocycles. The lowest BCUT2D eigenvalue weighted by molar-refractivity contribution is -0.381. The molecule has 3 rings (SSSR count). The topological polar surface area (TPSA) is 110 Å². The second-order valence-electron chi connectivity index (χ2n) is 7.28. The van der Waals surface area contributed by atoms with Crippen LogP contribution in [0, 0.1) is 10.8 Å². The van der Waals surface area contributed by atoms with E-state index in [-0.39, 0.29) is 12.8 Å². The maximum absolute atomic E-state index is 11.0. The number of hydrogen-bond donors (Lipinski definition) is 5. The number of ether oxygens (including phenoxy) is 1. The minimum absolute atomic E-state index is 0.133. The summed E-state index contributed by atoms with van der Waals surface area (Å²) in [5.74, 6) is -1.69. The number of aliphatic hydroxyl groups is 5. The second kappa shape index (κ2) is 4.07. The van der Waals surface area contributed by atoms with Crippen LogP contribution in [0.15, 0.2) is 11.6 Å². The SMILES string of the molecule is CC1=C[C@]2(O)O[C@@H]3C[C@@H](O)[C@](C)([C@@]2(C)C[C@H]1O)[C@]3(O)CO. The normalized spacial score (nSPS) is 59.6. The summed E-state index contributed by atoms with van der Waals surface area (Å²) >= 11 is 0. The van der Waals surface area contributed by atoms with Gasteiger partial charge in [0.2, 0.25) is 0 Å². The Labute approximate surface area is 123 Å². The Bertz CT molecular complexity index is 506. The second-order valence-corrected chi connectivity index (χ2v) is 7.28. The summed E-state index contributed by atoms with van der Waals surface area (Å²) in [5.41, 5.74) is -3.40. The maximum atomic E-state index is 11.0. The smallest absolute Gasteiger partial charge is 0.192 e. The first kappa shape index (κ1) is 15.4. The zero-order chi connectivity index (χ0) is 15.8. The highest BCUT2D eigenvalue weighted by Crippen LogP contribution is 2.68. The van der Waals surface area contributed by atoms with Gasteiger partial charge in [0, 0.05) is 17.3 Å². The number of aliphatic hydroxyl groups excluding tert-OH is 3. The molecule has 2 bridgehead atoms. The van der Waals surface area contributed by atoms with E-state index in [0.717, 1.165) is 0 Å². The van der Waals surface area contributed by atoms with Gasteiger partial charge in [-0.3, -0.25) is 0 Å². The van der Waals surface area contributed by atoms with Crippen LogP contribution in [-0.4, -0.2) is 61.8 Å². The minimum Gasteiger partial charge on any atom is -0.393 e. The van der Waals surface area contributed by atoms with Crippen molar-refractivity contribution in [2.24, 2.45) is 10.8 Å². The van der Waals surface area contributed by atoms with Gasteiger partial charge in [-0.15, -0.1) is 0 Å². The van der Waals surface area contributed by atoms with Crippen molar-refractivity contribution in [2.45, 2.75) is 63.3 Å². The largest absolute Gasteiger partial charge is 0.393 e. The monoisotopic (exact) mass is 300 g/mol. The standard InChI is InChI=1S/C15H24O6/c1-8-5-15(20)12(2,6-9(8)17)13(3)10(18)4-11(21-15)14(13,19)7-16/h5,9-11,16-20H,4,6-7H2,1-3H3/t9-,10-,11-,12-,13-,14+,15+/m1/s1. The van der Waals surface area contributed by atoms with Gasteiger partial charge in [0.05, 0.1) is 24.9 Å². The first-order valence-corrected chi connectivity index (χ1v) is 7.34. The van der Waals surface area contributed by atoms with Crippen LogP contribution in [0.25, 0.3) is 0 Å². The molecule has 0 aromatic carbocycles. The van der Waals surface area contributed by atoms with Crippen LogP contribution in [0.2, 0.25) is 0 Å². The molecular formula is C15H24O6. The zero-order valence-corrected chi connectivity index (χ0v) is 12.6. The van der Waals surface area contributed by atoms with Crippen LogP contribution in [0.5, 0.6) is 0 Å². The molecule has 6 heteroatoms. The van der Waals surface area contributed by atoms with Gasteiger partial charge in [-0.05, 0) is 25.0 Å². The first-order valence-electron chi connectivity index (χ1n) is 7.34. The van der Waals surface area contributed by atoms with Crippen molar-refractivity contribution in [2.75, 3.05) is 6.61 Å². The van der Waals surface area contributed by atoms with Crippen LogP contribution in [0.1, 0.15) is 33.6 Å². The summed E-state index contributed by atoms with van der Waals surface area (Å²) in [4.78, 5) is 0. The lowest BCUT2D eigenvalue weighted by Gasteiger charge is -2.64. The van der Waals surface area contributed by atoms with Gasteiger partial charge in [0.25, 0.3) is 0 Å². The average Bonchev–Trinajstić information content (AvgIpc) is 2.55. The molecule has 7 atom stereocenters. The van der Waals surface area contributed by atoms with Crippen molar-refractivity contribution in [3.05, 3.63) is 11.6 Å². The highest BCUT2D eigenvalue weighted by molar-refractivity contribution is 5.32. The summed E-state index contributed by atoms with van der Waals surface area (Å²) in [7, 11) is 0. The van der Waals surface area contributed by atoms with E-state index in [1.165, 1.54) is 6.08 Å². The Kier molecular flexibility index (Phi) is 2.98. The number of fused-ring (bicyclic) bond motifs is 4. The summed E-state index contributed by atoms with van der Waals surface area (Å²) < 4.78 is 5.73. The fourth-order valence-corrected chi connectivity index (χ4v) is 4.74. The molecule has 1 aliphatic heterocycles. The van der Waals surface area contributed by atoms with E-state index in [1.807, 2.05) is 0 Å². The quantitative estimate of drug-likeness (QED) is 0.409. The lowest BCUT2D eigenvalue weighted by Crippen LogP contribution is -2.74. The van der Waals surface area contributed by atoms with Gasteiger partial charge in [0.1, 0.15) is 5.60 Å². The maximum Gasteiger partial charge on any atom is 0.192 e. The molecule has 0 radical (unpaired) electrons.